The summed E-state index contributed by atoms with van der Waals surface area (Å²) >= 11 is 0. The summed E-state index contributed by atoms with van der Waals surface area (Å²) in [5, 5.41) is 0. The molecule has 0 spiro atoms. The number of nitrogens with zero attached hydrogens (tertiary/aromatic N) is 1. The molecular weight excluding hydrogens is 248 g/mol. The van der Waals surface area contributed by atoms with Gasteiger partial charge in [0.2, 0.25) is 5.91 Å². The number of ether oxygens (including phenoxy) is 2. The summed E-state index contributed by atoms with van der Waals surface area (Å²) in [5.74, 6) is -0.587. The molecule has 1 aromatic rings. The smallest absolute Gasteiger partial charge is 0.410 e. The zero-order valence-electron chi connectivity index (χ0n) is 10.5. The van der Waals surface area contributed by atoms with Crippen LogP contribution in [0.1, 0.15) is 5.56 Å². The third-order valence-corrected chi connectivity index (χ3v) is 2.90. The Labute approximate surface area is 111 Å². The molecule has 0 saturated carbocycles. The molecule has 1 atom stereocenters. The van der Waals surface area contributed by atoms with Crippen molar-refractivity contribution in [1.82, 2.24) is 4.90 Å². The van der Waals surface area contributed by atoms with Crippen molar-refractivity contribution in [3.8, 4) is 0 Å². The van der Waals surface area contributed by atoms with Crippen molar-refractivity contribution >= 4 is 12.0 Å². The van der Waals surface area contributed by atoms with E-state index in [1.165, 1.54) is 4.90 Å². The minimum atomic E-state index is -0.753. The second kappa shape index (κ2) is 6.19. The maximum absolute atomic E-state index is 11.9. The van der Waals surface area contributed by atoms with Gasteiger partial charge in [-0.15, -0.1) is 0 Å². The molecule has 1 aromatic carbocycles. The second-order valence-corrected chi connectivity index (χ2v) is 4.23. The van der Waals surface area contributed by atoms with Gasteiger partial charge in [-0.2, -0.15) is 0 Å². The van der Waals surface area contributed by atoms with Crippen LogP contribution in [0.3, 0.4) is 0 Å². The van der Waals surface area contributed by atoms with Gasteiger partial charge >= 0.3 is 6.09 Å². The first-order valence-electron chi connectivity index (χ1n) is 6.03. The van der Waals surface area contributed by atoms with Crippen LogP contribution in [0.2, 0.25) is 0 Å². The normalized spacial score (nSPS) is 18.9. The maximum atomic E-state index is 11.9. The molecule has 2 N–H and O–H groups in total. The molecule has 2 amide bonds. The largest absolute Gasteiger partial charge is 0.445 e. The maximum Gasteiger partial charge on any atom is 0.410 e. The third kappa shape index (κ3) is 3.45. The van der Waals surface area contributed by atoms with E-state index in [0.717, 1.165) is 5.56 Å². The number of rotatable bonds is 3. The van der Waals surface area contributed by atoms with E-state index in [1.807, 2.05) is 30.3 Å². The number of benzene rings is 1. The molecule has 0 bridgehead atoms. The van der Waals surface area contributed by atoms with Gasteiger partial charge in [-0.3, -0.25) is 9.69 Å². The Hall–Kier alpha value is -2.08. The Bertz CT molecular complexity index is 449. The van der Waals surface area contributed by atoms with Gasteiger partial charge in [-0.1, -0.05) is 30.3 Å². The highest BCUT2D eigenvalue weighted by Gasteiger charge is 2.32. The Morgan fingerprint density at radius 2 is 2.11 bits per heavy atom. The van der Waals surface area contributed by atoms with E-state index in [4.69, 9.17) is 15.2 Å². The van der Waals surface area contributed by atoms with E-state index < -0.39 is 18.0 Å². The van der Waals surface area contributed by atoms with Gasteiger partial charge in [0.25, 0.3) is 0 Å². The van der Waals surface area contributed by atoms with Crippen LogP contribution in [-0.2, 0) is 20.9 Å². The lowest BCUT2D eigenvalue weighted by Gasteiger charge is -2.32. The van der Waals surface area contributed by atoms with Crippen LogP contribution >= 0.6 is 0 Å². The number of amides is 2. The molecule has 0 radical (unpaired) electrons. The monoisotopic (exact) mass is 264 g/mol. The minimum Gasteiger partial charge on any atom is -0.445 e. The average molecular weight is 264 g/mol. The molecule has 0 aromatic heterocycles. The van der Waals surface area contributed by atoms with Crippen molar-refractivity contribution in [2.75, 3.05) is 19.8 Å². The average Bonchev–Trinajstić information content (AvgIpc) is 2.46. The quantitative estimate of drug-likeness (QED) is 0.862. The number of nitrogens with two attached hydrogens (primary N) is 1. The lowest BCUT2D eigenvalue weighted by atomic mass is 10.2. The lowest BCUT2D eigenvalue weighted by Crippen LogP contribution is -2.54. The number of carbonyl (C=O) groups excluding carboxylic acids is 2. The summed E-state index contributed by atoms with van der Waals surface area (Å²) in [6.07, 6.45) is -0.545. The molecule has 19 heavy (non-hydrogen) atoms. The summed E-state index contributed by atoms with van der Waals surface area (Å²) in [4.78, 5) is 24.5. The zero-order valence-corrected chi connectivity index (χ0v) is 10.5. The van der Waals surface area contributed by atoms with Crippen molar-refractivity contribution in [1.29, 1.82) is 0 Å². The summed E-state index contributed by atoms with van der Waals surface area (Å²) in [5.41, 5.74) is 6.12. The number of hydrogen-bond donors (Lipinski definition) is 1. The molecule has 2 rings (SSSR count). The van der Waals surface area contributed by atoms with Crippen LogP contribution in [0.5, 0.6) is 0 Å². The summed E-state index contributed by atoms with van der Waals surface area (Å²) in [7, 11) is 0. The predicted molar refractivity (Wildman–Crippen MR) is 67.1 cm³/mol. The molecule has 1 heterocycles. The molecule has 1 aliphatic rings. The number of carbonyl (C=O) groups is 2. The van der Waals surface area contributed by atoms with Crippen LogP contribution < -0.4 is 5.73 Å². The highest BCUT2D eigenvalue weighted by atomic mass is 16.6. The second-order valence-electron chi connectivity index (χ2n) is 4.23. The van der Waals surface area contributed by atoms with Crippen LogP contribution in [-0.4, -0.2) is 42.7 Å². The Balaban J connectivity index is 1.93. The molecular formula is C13H16N2O4. The predicted octanol–water partition coefficient (Wildman–Crippen LogP) is 0.509. The molecule has 1 fully saturated rings. The number of hydrogen-bond acceptors (Lipinski definition) is 4. The molecule has 0 aliphatic carbocycles. The van der Waals surface area contributed by atoms with Gasteiger partial charge in [0, 0.05) is 6.54 Å². The topological polar surface area (TPSA) is 81.9 Å². The zero-order chi connectivity index (χ0) is 13.7. The molecule has 1 aliphatic heterocycles. The van der Waals surface area contributed by atoms with Gasteiger partial charge in [-0.05, 0) is 5.56 Å². The van der Waals surface area contributed by atoms with Crippen LogP contribution in [0.4, 0.5) is 4.79 Å². The first-order valence-corrected chi connectivity index (χ1v) is 6.03. The number of primary amides is 1. The first-order chi connectivity index (χ1) is 9.18. The van der Waals surface area contributed by atoms with Crippen molar-refractivity contribution in [2.24, 2.45) is 5.73 Å². The van der Waals surface area contributed by atoms with Crippen LogP contribution in [0.15, 0.2) is 30.3 Å². The van der Waals surface area contributed by atoms with Crippen LogP contribution in [0, 0.1) is 0 Å². The molecule has 1 unspecified atom stereocenters. The highest BCUT2D eigenvalue weighted by molar-refractivity contribution is 5.84. The van der Waals surface area contributed by atoms with Crippen molar-refractivity contribution in [2.45, 2.75) is 12.6 Å². The molecule has 6 nitrogen and oxygen atoms in total. The van der Waals surface area contributed by atoms with E-state index in [2.05, 4.69) is 0 Å². The van der Waals surface area contributed by atoms with Gasteiger partial charge in [0.15, 0.2) is 0 Å². The fourth-order valence-electron chi connectivity index (χ4n) is 1.86. The third-order valence-electron chi connectivity index (χ3n) is 2.90. The van der Waals surface area contributed by atoms with E-state index in [9.17, 15) is 9.59 Å². The van der Waals surface area contributed by atoms with Crippen molar-refractivity contribution in [3.63, 3.8) is 0 Å². The SMILES string of the molecule is NC(=O)C1COCCN1C(=O)OCc1ccccc1. The van der Waals surface area contributed by atoms with Crippen molar-refractivity contribution < 1.29 is 19.1 Å². The Kier molecular flexibility index (Phi) is 4.35. The van der Waals surface area contributed by atoms with E-state index >= 15 is 0 Å². The first kappa shape index (κ1) is 13.4. The van der Waals surface area contributed by atoms with Gasteiger partial charge in [0.1, 0.15) is 12.6 Å². The van der Waals surface area contributed by atoms with Gasteiger partial charge in [-0.25, -0.2) is 4.79 Å². The standard InChI is InChI=1S/C13H16N2O4/c14-12(16)11-9-18-7-6-15(11)13(17)19-8-10-4-2-1-3-5-10/h1-5,11H,6-9H2,(H2,14,16). The van der Waals surface area contributed by atoms with Gasteiger partial charge < -0.3 is 15.2 Å². The molecule has 6 heteroatoms. The molecule has 102 valence electrons. The molecule has 1 saturated heterocycles. The Morgan fingerprint density at radius 1 is 1.37 bits per heavy atom. The van der Waals surface area contributed by atoms with E-state index in [-0.39, 0.29) is 13.2 Å². The van der Waals surface area contributed by atoms with Gasteiger partial charge in [0.05, 0.1) is 13.2 Å². The summed E-state index contributed by atoms with van der Waals surface area (Å²) in [6.45, 7) is 0.976. The number of morpholine rings is 1. The van der Waals surface area contributed by atoms with Crippen LogP contribution in [0.25, 0.3) is 0 Å². The van der Waals surface area contributed by atoms with Crippen molar-refractivity contribution in [3.05, 3.63) is 35.9 Å². The van der Waals surface area contributed by atoms with E-state index in [1.54, 1.807) is 0 Å². The fourth-order valence-corrected chi connectivity index (χ4v) is 1.86. The highest BCUT2D eigenvalue weighted by Crippen LogP contribution is 2.10. The minimum absolute atomic E-state index is 0.121. The Morgan fingerprint density at radius 3 is 2.79 bits per heavy atom. The summed E-state index contributed by atoms with van der Waals surface area (Å²) in [6, 6.07) is 8.58. The fraction of sp³-hybridized carbons (Fsp3) is 0.385. The lowest BCUT2D eigenvalue weighted by molar-refractivity contribution is -0.128. The van der Waals surface area contributed by atoms with E-state index in [0.29, 0.717) is 13.2 Å². The summed E-state index contributed by atoms with van der Waals surface area (Å²) < 4.78 is 10.3.